The van der Waals surface area contributed by atoms with Gasteiger partial charge in [0.1, 0.15) is 18.2 Å². The largest absolute Gasteiger partial charge is 0.483 e. The summed E-state index contributed by atoms with van der Waals surface area (Å²) in [6, 6.07) is 4.52. The molecule has 2 amide bonds. The number of hydrogen-bond donors (Lipinski definition) is 2. The second-order valence-electron chi connectivity index (χ2n) is 7.90. The number of pyridine rings is 1. The molecule has 2 bridgehead atoms. The summed E-state index contributed by atoms with van der Waals surface area (Å²) in [6.07, 6.45) is 3.04. The number of rotatable bonds is 5. The number of carbonyl (C=O) groups excluding carboxylic acids is 2. The van der Waals surface area contributed by atoms with Crippen LogP contribution in [-0.4, -0.2) is 67.3 Å². The van der Waals surface area contributed by atoms with E-state index in [1.807, 2.05) is 17.6 Å². The highest BCUT2D eigenvalue weighted by atomic mass is 16.3. The van der Waals surface area contributed by atoms with E-state index in [4.69, 9.17) is 9.90 Å². The number of carbonyl (C=O) groups is 3. The molecule has 2 N–H and O–H groups in total. The Bertz CT molecular complexity index is 1030. The molecule has 172 valence electrons. The van der Waals surface area contributed by atoms with Gasteiger partial charge in [0.05, 0.1) is 0 Å². The van der Waals surface area contributed by atoms with Crippen LogP contribution in [0.25, 0.3) is 0 Å². The first-order valence-corrected chi connectivity index (χ1v) is 10.6. The topological polar surface area (TPSA) is 139 Å². The number of amides is 2. The van der Waals surface area contributed by atoms with E-state index in [0.717, 1.165) is 24.5 Å². The van der Waals surface area contributed by atoms with Crippen LogP contribution in [-0.2, 0) is 27.3 Å². The molecule has 0 radical (unpaired) electrons. The Kier molecular flexibility index (Phi) is 7.39. The predicted octanol–water partition coefficient (Wildman–Crippen LogP) is 0.0261. The lowest BCUT2D eigenvalue weighted by atomic mass is 9.78. The molecule has 11 nitrogen and oxygen atoms in total. The normalized spacial score (nSPS) is 21.1. The average molecular weight is 444 g/mol. The summed E-state index contributed by atoms with van der Waals surface area (Å²) in [4.78, 5) is 48.0. The molecule has 2 aromatic rings. The summed E-state index contributed by atoms with van der Waals surface area (Å²) in [7, 11) is 0. The van der Waals surface area contributed by atoms with Gasteiger partial charge in [0.15, 0.2) is 0 Å². The number of nitrogens with one attached hydrogen (secondary N) is 1. The van der Waals surface area contributed by atoms with Gasteiger partial charge < -0.3 is 19.9 Å². The maximum atomic E-state index is 13.2. The number of likely N-dealkylation sites (tertiary alicyclic amines) is 1. The molecule has 11 heteroatoms. The van der Waals surface area contributed by atoms with Crippen molar-refractivity contribution in [3.63, 3.8) is 0 Å². The predicted molar refractivity (Wildman–Crippen MR) is 114 cm³/mol. The Labute approximate surface area is 185 Å². The first-order chi connectivity index (χ1) is 15.4. The van der Waals surface area contributed by atoms with Gasteiger partial charge in [-0.3, -0.25) is 23.7 Å². The lowest BCUT2D eigenvalue weighted by Crippen LogP contribution is -2.54. The lowest BCUT2D eigenvalue weighted by Gasteiger charge is -2.46. The van der Waals surface area contributed by atoms with Gasteiger partial charge in [-0.15, -0.1) is 10.2 Å². The second-order valence-corrected chi connectivity index (χ2v) is 7.90. The van der Waals surface area contributed by atoms with Crippen molar-refractivity contribution in [2.75, 3.05) is 19.6 Å². The van der Waals surface area contributed by atoms with E-state index in [-0.39, 0.29) is 35.7 Å². The summed E-state index contributed by atoms with van der Waals surface area (Å²) in [6.45, 7) is 5.59. The molecule has 2 aromatic heterocycles. The summed E-state index contributed by atoms with van der Waals surface area (Å²) in [5, 5.41) is 17.9. The lowest BCUT2D eigenvalue weighted by molar-refractivity contribution is -0.135. The second kappa shape index (κ2) is 10.2. The van der Waals surface area contributed by atoms with Gasteiger partial charge in [-0.1, -0.05) is 6.07 Å². The summed E-state index contributed by atoms with van der Waals surface area (Å²) >= 11 is 0. The van der Waals surface area contributed by atoms with E-state index in [2.05, 4.69) is 15.5 Å². The van der Waals surface area contributed by atoms with Crippen molar-refractivity contribution >= 4 is 18.3 Å². The van der Waals surface area contributed by atoms with Crippen molar-refractivity contribution in [1.82, 2.24) is 29.5 Å². The molecule has 0 saturated carbocycles. The smallest absolute Gasteiger partial charge is 0.290 e. The van der Waals surface area contributed by atoms with Gasteiger partial charge >= 0.3 is 0 Å². The SMILES string of the molecule is CCn1cnnc1CCNC(=O)[C@H]1[C@H]2C[C@H](CN(C(C)=O)C2)c2cccc(=O)n21.O=CO. The van der Waals surface area contributed by atoms with Crippen molar-refractivity contribution < 1.29 is 19.5 Å². The molecule has 1 fully saturated rings. The van der Waals surface area contributed by atoms with Gasteiger partial charge in [-0.25, -0.2) is 0 Å². The summed E-state index contributed by atoms with van der Waals surface area (Å²) < 4.78 is 3.57. The number of nitrogens with zero attached hydrogens (tertiary/aromatic N) is 5. The molecule has 3 atom stereocenters. The average Bonchev–Trinajstić information content (AvgIpc) is 3.22. The van der Waals surface area contributed by atoms with Crippen molar-refractivity contribution in [1.29, 1.82) is 0 Å². The van der Waals surface area contributed by atoms with Crippen molar-refractivity contribution in [2.45, 2.75) is 45.2 Å². The van der Waals surface area contributed by atoms with E-state index in [0.29, 0.717) is 26.1 Å². The van der Waals surface area contributed by atoms with Gasteiger partial charge in [0, 0.05) is 63.1 Å². The Balaban J connectivity index is 0.000000913. The highest BCUT2D eigenvalue weighted by Gasteiger charge is 2.44. The Morgan fingerprint density at radius 2 is 2.06 bits per heavy atom. The molecule has 4 rings (SSSR count). The zero-order chi connectivity index (χ0) is 23.3. The minimum atomic E-state index is -0.610. The highest BCUT2D eigenvalue weighted by molar-refractivity contribution is 5.81. The molecule has 4 heterocycles. The van der Waals surface area contributed by atoms with Gasteiger partial charge in [-0.2, -0.15) is 0 Å². The van der Waals surface area contributed by atoms with Crippen molar-refractivity contribution in [3.05, 3.63) is 46.4 Å². The Morgan fingerprint density at radius 1 is 1.31 bits per heavy atom. The molecule has 1 saturated heterocycles. The quantitative estimate of drug-likeness (QED) is 0.620. The van der Waals surface area contributed by atoms with Crippen LogP contribution in [0.5, 0.6) is 0 Å². The van der Waals surface area contributed by atoms with Gasteiger partial charge in [0.2, 0.25) is 11.8 Å². The van der Waals surface area contributed by atoms with Gasteiger partial charge in [0.25, 0.3) is 12.0 Å². The monoisotopic (exact) mass is 444 g/mol. The molecule has 32 heavy (non-hydrogen) atoms. The Hall–Kier alpha value is -3.50. The molecular formula is C21H28N6O5. The van der Waals surface area contributed by atoms with Crippen LogP contribution in [0.2, 0.25) is 0 Å². The first-order valence-electron chi connectivity index (χ1n) is 10.6. The fraction of sp³-hybridized carbons (Fsp3) is 0.524. The van der Waals surface area contributed by atoms with E-state index in [9.17, 15) is 14.4 Å². The molecule has 0 spiro atoms. The van der Waals surface area contributed by atoms with Crippen molar-refractivity contribution in [3.8, 4) is 0 Å². The highest BCUT2D eigenvalue weighted by Crippen LogP contribution is 2.41. The minimum absolute atomic E-state index is 0.00416. The number of carboxylic acid groups (broad SMARTS) is 1. The maximum absolute atomic E-state index is 13.2. The molecule has 0 aliphatic carbocycles. The molecular weight excluding hydrogens is 416 g/mol. The van der Waals surface area contributed by atoms with Crippen LogP contribution in [0.15, 0.2) is 29.3 Å². The van der Waals surface area contributed by atoms with Crippen LogP contribution < -0.4 is 10.9 Å². The van der Waals surface area contributed by atoms with E-state index in [1.165, 1.54) is 6.07 Å². The third kappa shape index (κ3) is 4.71. The third-order valence-corrected chi connectivity index (χ3v) is 6.05. The van der Waals surface area contributed by atoms with E-state index < -0.39 is 6.04 Å². The number of aromatic nitrogens is 4. The van der Waals surface area contributed by atoms with Crippen LogP contribution in [0.4, 0.5) is 0 Å². The van der Waals surface area contributed by atoms with E-state index in [1.54, 1.807) is 28.8 Å². The molecule has 0 aromatic carbocycles. The zero-order valence-corrected chi connectivity index (χ0v) is 18.2. The zero-order valence-electron chi connectivity index (χ0n) is 18.2. The number of fused-ring (bicyclic) bond motifs is 4. The molecule has 2 aliphatic rings. The standard InChI is InChI=1S/C20H26N6O3.CH2O2/c1-3-24-12-22-23-17(24)7-8-21-20(29)19-15-9-14(10-25(11-15)13(2)27)16-5-4-6-18(28)26(16)19;2-1-3/h4-6,12,14-15,19H,3,7-11H2,1-2H3,(H,21,29);1H,(H,2,3)/t14-,15+,19-;/m1./s1. The van der Waals surface area contributed by atoms with Crippen molar-refractivity contribution in [2.24, 2.45) is 5.92 Å². The van der Waals surface area contributed by atoms with Crippen LogP contribution >= 0.6 is 0 Å². The fourth-order valence-corrected chi connectivity index (χ4v) is 4.67. The van der Waals surface area contributed by atoms with Crippen LogP contribution in [0.1, 0.15) is 43.7 Å². The fourth-order valence-electron chi connectivity index (χ4n) is 4.67. The van der Waals surface area contributed by atoms with E-state index >= 15 is 0 Å². The molecule has 2 aliphatic heterocycles. The third-order valence-electron chi connectivity index (χ3n) is 6.05. The summed E-state index contributed by atoms with van der Waals surface area (Å²) in [5.41, 5.74) is 0.671. The van der Waals surface area contributed by atoms with Gasteiger partial charge in [-0.05, 0) is 19.4 Å². The minimum Gasteiger partial charge on any atom is -0.483 e. The first kappa shape index (κ1) is 23.2. The number of aryl methyl sites for hydroxylation is 1. The number of hydrogen-bond acceptors (Lipinski definition) is 6. The summed E-state index contributed by atoms with van der Waals surface area (Å²) in [5.74, 6) is 0.637. The Morgan fingerprint density at radius 3 is 2.75 bits per heavy atom. The van der Waals surface area contributed by atoms with Crippen LogP contribution in [0.3, 0.4) is 0 Å². The maximum Gasteiger partial charge on any atom is 0.290 e. The number of piperidine rings is 1. The molecule has 0 unspecified atom stereocenters. The van der Waals surface area contributed by atoms with Crippen LogP contribution in [0, 0.1) is 5.92 Å².